The van der Waals surface area contributed by atoms with Crippen molar-refractivity contribution >= 4 is 29.9 Å². The Balaban J connectivity index is 0.00000392. The number of hydrogen-bond acceptors (Lipinski definition) is 5. The van der Waals surface area contributed by atoms with E-state index in [1.807, 2.05) is 24.3 Å². The van der Waals surface area contributed by atoms with Crippen molar-refractivity contribution < 1.29 is 14.2 Å². The molecule has 0 radical (unpaired) electrons. The number of rotatable bonds is 10. The first-order valence-corrected chi connectivity index (χ1v) is 9.78. The van der Waals surface area contributed by atoms with Gasteiger partial charge in [-0.3, -0.25) is 9.89 Å². The Morgan fingerprint density at radius 3 is 2.71 bits per heavy atom. The van der Waals surface area contributed by atoms with Crippen molar-refractivity contribution in [1.82, 2.24) is 15.5 Å². The molecule has 0 aromatic heterocycles. The molecule has 1 heterocycles. The van der Waals surface area contributed by atoms with E-state index in [1.54, 1.807) is 7.11 Å². The normalized spacial score (nSPS) is 16.2. The number of halogens is 1. The van der Waals surface area contributed by atoms with Gasteiger partial charge < -0.3 is 24.8 Å². The van der Waals surface area contributed by atoms with Crippen LogP contribution in [0.5, 0.6) is 5.75 Å². The first-order valence-electron chi connectivity index (χ1n) is 9.78. The van der Waals surface area contributed by atoms with Crippen LogP contribution in [0.25, 0.3) is 0 Å². The molecule has 28 heavy (non-hydrogen) atoms. The molecule has 0 spiro atoms. The van der Waals surface area contributed by atoms with Crippen LogP contribution < -0.4 is 15.4 Å². The van der Waals surface area contributed by atoms with Crippen LogP contribution >= 0.6 is 24.0 Å². The highest BCUT2D eigenvalue weighted by molar-refractivity contribution is 14.0. The zero-order valence-corrected chi connectivity index (χ0v) is 19.6. The summed E-state index contributed by atoms with van der Waals surface area (Å²) < 4.78 is 16.5. The zero-order chi connectivity index (χ0) is 19.3. The second kappa shape index (κ2) is 14.8. The van der Waals surface area contributed by atoms with Crippen LogP contribution in [-0.2, 0) is 16.1 Å². The molecule has 7 nitrogen and oxygen atoms in total. The molecule has 1 saturated heterocycles. The van der Waals surface area contributed by atoms with Crippen molar-refractivity contribution in [2.24, 2.45) is 4.99 Å². The first kappa shape index (κ1) is 24.9. The van der Waals surface area contributed by atoms with Gasteiger partial charge in [0.25, 0.3) is 0 Å². The molecule has 1 aromatic carbocycles. The van der Waals surface area contributed by atoms with Gasteiger partial charge in [0.1, 0.15) is 5.75 Å². The fourth-order valence-corrected chi connectivity index (χ4v) is 2.94. The summed E-state index contributed by atoms with van der Waals surface area (Å²) in [6.07, 6.45) is 0. The lowest BCUT2D eigenvalue weighted by molar-refractivity contribution is 0.0220. The standard InChI is InChI=1S/C20H34N4O3.HI/c1-4-21-20(23-15-17(2)24-10-13-26-14-11-24)22-9-12-27-16-18-7-5-6-8-19(18)25-3;/h5-8,17H,4,9-16H2,1-3H3,(H2,21,22,23);1H. The van der Waals surface area contributed by atoms with Gasteiger partial charge in [-0.25, -0.2) is 0 Å². The maximum Gasteiger partial charge on any atom is 0.191 e. The smallest absolute Gasteiger partial charge is 0.191 e. The van der Waals surface area contributed by atoms with Crippen LogP contribution in [0.4, 0.5) is 0 Å². The van der Waals surface area contributed by atoms with Crippen LogP contribution in [0.3, 0.4) is 0 Å². The summed E-state index contributed by atoms with van der Waals surface area (Å²) in [6.45, 7) is 11.3. The Morgan fingerprint density at radius 2 is 2.00 bits per heavy atom. The quantitative estimate of drug-likeness (QED) is 0.219. The molecular formula is C20H35IN4O3. The van der Waals surface area contributed by atoms with Gasteiger partial charge in [0, 0.05) is 37.8 Å². The van der Waals surface area contributed by atoms with Gasteiger partial charge in [0.15, 0.2) is 5.96 Å². The zero-order valence-electron chi connectivity index (χ0n) is 17.3. The minimum atomic E-state index is 0. The highest BCUT2D eigenvalue weighted by Crippen LogP contribution is 2.17. The van der Waals surface area contributed by atoms with Crippen molar-refractivity contribution in [3.63, 3.8) is 0 Å². The Morgan fingerprint density at radius 1 is 1.25 bits per heavy atom. The lowest BCUT2D eigenvalue weighted by atomic mass is 10.2. The molecule has 0 amide bonds. The van der Waals surface area contributed by atoms with Crippen molar-refractivity contribution in [2.45, 2.75) is 26.5 Å². The van der Waals surface area contributed by atoms with Crippen molar-refractivity contribution in [1.29, 1.82) is 0 Å². The fourth-order valence-electron chi connectivity index (χ4n) is 2.94. The summed E-state index contributed by atoms with van der Waals surface area (Å²) in [5.74, 6) is 1.69. The molecule has 1 fully saturated rings. The van der Waals surface area contributed by atoms with Gasteiger partial charge in [-0.2, -0.15) is 0 Å². The van der Waals surface area contributed by atoms with E-state index >= 15 is 0 Å². The third kappa shape index (κ3) is 8.93. The van der Waals surface area contributed by atoms with E-state index in [9.17, 15) is 0 Å². The van der Waals surface area contributed by atoms with E-state index in [-0.39, 0.29) is 24.0 Å². The molecule has 1 aromatic rings. The average Bonchev–Trinajstić information content (AvgIpc) is 2.72. The molecular weight excluding hydrogens is 471 g/mol. The van der Waals surface area contributed by atoms with Crippen LogP contribution in [0.1, 0.15) is 19.4 Å². The number of nitrogens with zero attached hydrogens (tertiary/aromatic N) is 2. The molecule has 8 heteroatoms. The molecule has 1 aliphatic heterocycles. The Bertz CT molecular complexity index is 568. The fraction of sp³-hybridized carbons (Fsp3) is 0.650. The number of benzene rings is 1. The van der Waals surface area contributed by atoms with Crippen LogP contribution in [-0.4, -0.2) is 76.6 Å². The summed E-state index contributed by atoms with van der Waals surface area (Å²) in [5.41, 5.74) is 1.06. The molecule has 160 valence electrons. The number of methoxy groups -OCH3 is 1. The third-order valence-corrected chi connectivity index (χ3v) is 4.52. The average molecular weight is 506 g/mol. The first-order chi connectivity index (χ1) is 13.2. The molecule has 1 atom stereocenters. The Kier molecular flexibility index (Phi) is 13.2. The van der Waals surface area contributed by atoms with E-state index in [1.165, 1.54) is 0 Å². The predicted octanol–water partition coefficient (Wildman–Crippen LogP) is 2.11. The van der Waals surface area contributed by atoms with Gasteiger partial charge in [-0.05, 0) is 19.9 Å². The molecule has 0 saturated carbocycles. The predicted molar refractivity (Wildman–Crippen MR) is 124 cm³/mol. The van der Waals surface area contributed by atoms with Gasteiger partial charge in [-0.15, -0.1) is 24.0 Å². The van der Waals surface area contributed by atoms with Gasteiger partial charge in [0.05, 0.1) is 40.1 Å². The topological polar surface area (TPSA) is 67.4 Å². The van der Waals surface area contributed by atoms with Crippen molar-refractivity contribution in [2.75, 3.05) is 59.7 Å². The summed E-state index contributed by atoms with van der Waals surface area (Å²) in [7, 11) is 1.68. The minimum Gasteiger partial charge on any atom is -0.496 e. The summed E-state index contributed by atoms with van der Waals surface area (Å²) in [4.78, 5) is 7.13. The van der Waals surface area contributed by atoms with Gasteiger partial charge >= 0.3 is 0 Å². The van der Waals surface area contributed by atoms with E-state index in [0.29, 0.717) is 25.8 Å². The van der Waals surface area contributed by atoms with E-state index in [2.05, 4.69) is 29.4 Å². The van der Waals surface area contributed by atoms with Crippen molar-refractivity contribution in [3.8, 4) is 5.75 Å². The second-order valence-electron chi connectivity index (χ2n) is 6.51. The number of nitrogens with one attached hydrogen (secondary N) is 2. The van der Waals surface area contributed by atoms with Crippen LogP contribution in [0, 0.1) is 0 Å². The number of guanidine groups is 1. The number of para-hydroxylation sites is 1. The number of ether oxygens (including phenoxy) is 3. The third-order valence-electron chi connectivity index (χ3n) is 4.52. The van der Waals surface area contributed by atoms with E-state index in [0.717, 1.165) is 56.7 Å². The molecule has 1 unspecified atom stereocenters. The maximum absolute atomic E-state index is 5.76. The molecule has 0 bridgehead atoms. The van der Waals surface area contributed by atoms with E-state index < -0.39 is 0 Å². The SMILES string of the molecule is CCNC(=NCC(C)N1CCOCC1)NCCOCc1ccccc1OC.I. The molecule has 2 N–H and O–H groups in total. The number of morpholine rings is 1. The highest BCUT2D eigenvalue weighted by Gasteiger charge is 2.16. The molecule has 1 aliphatic rings. The van der Waals surface area contributed by atoms with Crippen LogP contribution in [0.15, 0.2) is 29.3 Å². The monoisotopic (exact) mass is 506 g/mol. The van der Waals surface area contributed by atoms with Crippen LogP contribution in [0.2, 0.25) is 0 Å². The molecule has 2 rings (SSSR count). The van der Waals surface area contributed by atoms with Gasteiger partial charge in [0.2, 0.25) is 0 Å². The Labute approximate surface area is 186 Å². The molecule has 0 aliphatic carbocycles. The minimum absolute atomic E-state index is 0. The number of hydrogen-bond donors (Lipinski definition) is 2. The number of aliphatic imine (C=N–C) groups is 1. The highest BCUT2D eigenvalue weighted by atomic mass is 127. The van der Waals surface area contributed by atoms with Gasteiger partial charge in [-0.1, -0.05) is 18.2 Å². The summed E-state index contributed by atoms with van der Waals surface area (Å²) in [5, 5.41) is 6.62. The lowest BCUT2D eigenvalue weighted by Gasteiger charge is -2.31. The summed E-state index contributed by atoms with van der Waals surface area (Å²) >= 11 is 0. The van der Waals surface area contributed by atoms with E-state index in [4.69, 9.17) is 19.2 Å². The summed E-state index contributed by atoms with van der Waals surface area (Å²) in [6, 6.07) is 8.32. The maximum atomic E-state index is 5.76. The second-order valence-corrected chi connectivity index (χ2v) is 6.51. The largest absolute Gasteiger partial charge is 0.496 e. The Hall–Kier alpha value is -1.10. The van der Waals surface area contributed by atoms with Crippen molar-refractivity contribution in [3.05, 3.63) is 29.8 Å². The lowest BCUT2D eigenvalue weighted by Crippen LogP contribution is -2.44.